The first kappa shape index (κ1) is 33.0. The molecule has 2 aliphatic rings. The van der Waals surface area contributed by atoms with Gasteiger partial charge in [-0.3, -0.25) is 14.4 Å². The van der Waals surface area contributed by atoms with E-state index in [1.165, 1.54) is 16.8 Å². The Morgan fingerprint density at radius 1 is 1.02 bits per heavy atom. The average molecular weight is 617 g/mol. The van der Waals surface area contributed by atoms with Crippen LogP contribution in [0.3, 0.4) is 0 Å². The number of aryl methyl sites for hydroxylation is 2. The average Bonchev–Trinajstić information content (AvgIpc) is 3.65. The first-order valence-electron chi connectivity index (χ1n) is 16.8. The number of hydrogen-bond acceptors (Lipinski definition) is 6. The SMILES string of the molecule is CC[C@H](C)[C@H](C(=O)O)N1C[C@H](CN2CCC(c3cc(Cc4ccc(OC)c(OC)c4)nn3CC)CC2)[C@@H](c2cccc(C)c2)C1. The third-order valence-electron chi connectivity index (χ3n) is 10.3. The van der Waals surface area contributed by atoms with Crippen molar-refractivity contribution in [3.8, 4) is 11.5 Å². The van der Waals surface area contributed by atoms with Crippen LogP contribution in [0.1, 0.15) is 79.9 Å². The maximum absolute atomic E-state index is 12.4. The molecule has 2 fully saturated rings. The fraction of sp³-hybridized carbons (Fsp3) is 0.568. The van der Waals surface area contributed by atoms with Gasteiger partial charge in [-0.15, -0.1) is 0 Å². The van der Waals surface area contributed by atoms with Crippen LogP contribution in [0.15, 0.2) is 48.5 Å². The summed E-state index contributed by atoms with van der Waals surface area (Å²) in [5.41, 5.74) is 6.19. The van der Waals surface area contributed by atoms with Crippen LogP contribution in [0.5, 0.6) is 11.5 Å². The molecule has 3 heterocycles. The van der Waals surface area contributed by atoms with Gasteiger partial charge in [0.1, 0.15) is 6.04 Å². The van der Waals surface area contributed by atoms with Gasteiger partial charge in [-0.1, -0.05) is 56.2 Å². The number of carbonyl (C=O) groups is 1. The molecule has 1 aromatic heterocycles. The second kappa shape index (κ2) is 14.8. The van der Waals surface area contributed by atoms with Gasteiger partial charge >= 0.3 is 5.97 Å². The van der Waals surface area contributed by atoms with Crippen molar-refractivity contribution in [3.63, 3.8) is 0 Å². The summed E-state index contributed by atoms with van der Waals surface area (Å²) in [6.07, 6.45) is 3.84. The third-order valence-corrected chi connectivity index (χ3v) is 10.3. The Balaban J connectivity index is 1.26. The topological polar surface area (TPSA) is 80.1 Å². The number of benzene rings is 2. The lowest BCUT2D eigenvalue weighted by Gasteiger charge is -2.35. The lowest BCUT2D eigenvalue weighted by Crippen LogP contribution is -2.45. The van der Waals surface area contributed by atoms with Gasteiger partial charge in [-0.25, -0.2) is 0 Å². The monoisotopic (exact) mass is 616 g/mol. The molecule has 2 saturated heterocycles. The molecule has 5 rings (SSSR count). The number of methoxy groups -OCH3 is 2. The Bertz CT molecular complexity index is 1430. The Labute approximate surface area is 269 Å². The van der Waals surface area contributed by atoms with Crippen molar-refractivity contribution >= 4 is 5.97 Å². The van der Waals surface area contributed by atoms with Crippen molar-refractivity contribution in [1.82, 2.24) is 19.6 Å². The van der Waals surface area contributed by atoms with Gasteiger partial charge < -0.3 is 19.5 Å². The van der Waals surface area contributed by atoms with E-state index in [-0.39, 0.29) is 5.92 Å². The smallest absolute Gasteiger partial charge is 0.321 e. The Kier molecular flexibility index (Phi) is 10.9. The molecule has 8 nitrogen and oxygen atoms in total. The number of nitrogens with zero attached hydrogens (tertiary/aromatic N) is 4. The highest BCUT2D eigenvalue weighted by atomic mass is 16.5. The van der Waals surface area contributed by atoms with Crippen molar-refractivity contribution in [2.75, 3.05) is 46.9 Å². The van der Waals surface area contributed by atoms with Crippen molar-refractivity contribution in [3.05, 3.63) is 76.6 Å². The van der Waals surface area contributed by atoms with Crippen molar-refractivity contribution < 1.29 is 19.4 Å². The molecule has 0 aliphatic carbocycles. The number of aliphatic carboxylic acids is 1. The Morgan fingerprint density at radius 2 is 1.78 bits per heavy atom. The highest BCUT2D eigenvalue weighted by molar-refractivity contribution is 5.74. The highest BCUT2D eigenvalue weighted by Crippen LogP contribution is 2.38. The van der Waals surface area contributed by atoms with Gasteiger partial charge in [0.05, 0.1) is 19.9 Å². The lowest BCUT2D eigenvalue weighted by atomic mass is 9.86. The van der Waals surface area contributed by atoms with E-state index in [1.807, 2.05) is 12.1 Å². The van der Waals surface area contributed by atoms with Crippen LogP contribution in [-0.2, 0) is 17.8 Å². The summed E-state index contributed by atoms with van der Waals surface area (Å²) in [6, 6.07) is 16.8. The van der Waals surface area contributed by atoms with Crippen LogP contribution in [0.4, 0.5) is 0 Å². The maximum Gasteiger partial charge on any atom is 0.321 e. The van der Waals surface area contributed by atoms with E-state index in [0.29, 0.717) is 17.8 Å². The molecule has 4 atom stereocenters. The van der Waals surface area contributed by atoms with Crippen LogP contribution in [0.25, 0.3) is 0 Å². The van der Waals surface area contributed by atoms with E-state index in [9.17, 15) is 9.90 Å². The number of aromatic nitrogens is 2. The first-order valence-corrected chi connectivity index (χ1v) is 16.8. The molecule has 0 unspecified atom stereocenters. The minimum absolute atomic E-state index is 0.121. The molecule has 244 valence electrons. The minimum atomic E-state index is -0.688. The molecule has 0 saturated carbocycles. The second-order valence-electron chi connectivity index (χ2n) is 13.2. The Morgan fingerprint density at radius 3 is 2.42 bits per heavy atom. The second-order valence-corrected chi connectivity index (χ2v) is 13.2. The molecule has 1 N–H and O–H groups in total. The number of carboxylic acids is 1. The van der Waals surface area contributed by atoms with Gasteiger partial charge in [0, 0.05) is 50.1 Å². The summed E-state index contributed by atoms with van der Waals surface area (Å²) in [5.74, 6) is 2.15. The largest absolute Gasteiger partial charge is 0.493 e. The van der Waals surface area contributed by atoms with E-state index in [4.69, 9.17) is 14.6 Å². The van der Waals surface area contributed by atoms with E-state index < -0.39 is 12.0 Å². The summed E-state index contributed by atoms with van der Waals surface area (Å²) in [7, 11) is 3.33. The van der Waals surface area contributed by atoms with Crippen LogP contribution in [-0.4, -0.2) is 83.6 Å². The normalized spacial score (nSPS) is 21.1. The molecular weight excluding hydrogens is 564 g/mol. The predicted octanol–water partition coefficient (Wildman–Crippen LogP) is 6.21. The number of hydrogen-bond donors (Lipinski definition) is 1. The van der Waals surface area contributed by atoms with Crippen molar-refractivity contribution in [1.29, 1.82) is 0 Å². The fourth-order valence-electron chi connectivity index (χ4n) is 7.68. The number of piperidine rings is 1. The number of rotatable bonds is 13. The van der Waals surface area contributed by atoms with Crippen LogP contribution < -0.4 is 9.47 Å². The van der Waals surface area contributed by atoms with Gasteiger partial charge in [-0.05, 0) is 80.9 Å². The van der Waals surface area contributed by atoms with Crippen LogP contribution in [0, 0.1) is 18.8 Å². The maximum atomic E-state index is 12.4. The van der Waals surface area contributed by atoms with Crippen LogP contribution >= 0.6 is 0 Å². The third kappa shape index (κ3) is 7.55. The zero-order valence-corrected chi connectivity index (χ0v) is 28.0. The van der Waals surface area contributed by atoms with Gasteiger partial charge in [-0.2, -0.15) is 5.10 Å². The summed E-state index contributed by atoms with van der Waals surface area (Å²) in [5, 5.41) is 15.2. The summed E-state index contributed by atoms with van der Waals surface area (Å²) in [4.78, 5) is 17.3. The molecule has 3 aromatic rings. The zero-order chi connectivity index (χ0) is 32.1. The highest BCUT2D eigenvalue weighted by Gasteiger charge is 2.42. The molecule has 2 aromatic carbocycles. The van der Waals surface area contributed by atoms with Crippen LogP contribution in [0.2, 0.25) is 0 Å². The predicted molar refractivity (Wildman–Crippen MR) is 179 cm³/mol. The zero-order valence-electron chi connectivity index (χ0n) is 28.0. The molecule has 2 aliphatic heterocycles. The molecule has 45 heavy (non-hydrogen) atoms. The summed E-state index contributed by atoms with van der Waals surface area (Å²) < 4.78 is 13.1. The minimum Gasteiger partial charge on any atom is -0.493 e. The lowest BCUT2D eigenvalue weighted by molar-refractivity contribution is -0.145. The molecular formula is C37H52N4O4. The molecule has 8 heteroatoms. The Hall–Kier alpha value is -3.36. The van der Waals surface area contributed by atoms with Gasteiger partial charge in [0.2, 0.25) is 0 Å². The molecule has 0 bridgehead atoms. The van der Waals surface area contributed by atoms with E-state index in [0.717, 1.165) is 87.7 Å². The van der Waals surface area contributed by atoms with E-state index in [1.54, 1.807) is 14.2 Å². The number of carboxylic acid groups (broad SMARTS) is 1. The summed E-state index contributed by atoms with van der Waals surface area (Å²) >= 11 is 0. The van der Waals surface area contributed by atoms with Crippen molar-refractivity contribution in [2.24, 2.45) is 11.8 Å². The molecule has 0 amide bonds. The first-order chi connectivity index (χ1) is 21.7. The van der Waals surface area contributed by atoms with E-state index in [2.05, 4.69) is 78.6 Å². The standard InChI is InChI=1S/C37H52N4O4/c1-7-26(4)36(37(42)43)40-23-30(32(24-40)29-11-9-10-25(3)18-29)22-39-16-14-28(15-17-39)33-21-31(38-41(33)8-2)19-27-12-13-34(44-5)35(20-27)45-6/h9-13,18,20-21,26,28,30,32,36H,7-8,14-17,19,22-24H2,1-6H3,(H,42,43)/t26-,30-,32+,36+/m0/s1. The molecule has 0 radical (unpaired) electrons. The quantitative estimate of drug-likeness (QED) is 0.245. The number of likely N-dealkylation sites (tertiary alicyclic amines) is 2. The van der Waals surface area contributed by atoms with Gasteiger partial charge in [0.25, 0.3) is 0 Å². The van der Waals surface area contributed by atoms with Gasteiger partial charge in [0.15, 0.2) is 11.5 Å². The molecule has 0 spiro atoms. The van der Waals surface area contributed by atoms with E-state index >= 15 is 0 Å². The number of ether oxygens (including phenoxy) is 2. The summed E-state index contributed by atoms with van der Waals surface area (Å²) in [6.45, 7) is 14.1. The van der Waals surface area contributed by atoms with Crippen molar-refractivity contribution in [2.45, 2.75) is 77.8 Å². The fourth-order valence-corrected chi connectivity index (χ4v) is 7.68.